The number of nitrogens with one attached hydrogen (secondary N) is 1. The van der Waals surface area contributed by atoms with Crippen molar-refractivity contribution in [3.05, 3.63) is 51.7 Å². The van der Waals surface area contributed by atoms with Gasteiger partial charge in [0, 0.05) is 5.69 Å². The van der Waals surface area contributed by atoms with Crippen molar-refractivity contribution in [3.8, 4) is 0 Å². The quantitative estimate of drug-likeness (QED) is 0.715. The first-order chi connectivity index (χ1) is 12.4. The largest absolute Gasteiger partial charge is 0.394 e. The summed E-state index contributed by atoms with van der Waals surface area (Å²) in [7, 11) is 0. The fourth-order valence-electron chi connectivity index (χ4n) is 3.08. The fraction of sp³-hybridized carbons (Fsp3) is 0.333. The van der Waals surface area contributed by atoms with Crippen molar-refractivity contribution in [1.82, 2.24) is 19.3 Å². The highest BCUT2D eigenvalue weighted by Gasteiger charge is 2.13. The zero-order valence-corrected chi connectivity index (χ0v) is 15.0. The standard InChI is InChI=1S/C18H21N5O3/c1-11-6-12(2)16(13(3)7-11)21-15(25)9-22-10-19-17-14(18(22)26)8-20-23(17)4-5-24/h6-8,10,24H,4-5,9H2,1-3H3,(H,21,25). The van der Waals surface area contributed by atoms with Crippen molar-refractivity contribution in [2.75, 3.05) is 11.9 Å². The number of carbonyl (C=O) groups is 1. The molecule has 0 saturated heterocycles. The molecule has 3 rings (SSSR count). The summed E-state index contributed by atoms with van der Waals surface area (Å²) in [6.07, 6.45) is 2.73. The molecule has 0 radical (unpaired) electrons. The van der Waals surface area contributed by atoms with E-state index in [4.69, 9.17) is 5.11 Å². The van der Waals surface area contributed by atoms with Crippen LogP contribution in [0.1, 0.15) is 16.7 Å². The highest BCUT2D eigenvalue weighted by Crippen LogP contribution is 2.21. The number of aliphatic hydroxyl groups is 1. The molecule has 0 aliphatic rings. The molecule has 1 amide bonds. The van der Waals surface area contributed by atoms with Crippen molar-refractivity contribution in [2.24, 2.45) is 0 Å². The molecule has 2 N–H and O–H groups in total. The molecule has 0 fully saturated rings. The minimum absolute atomic E-state index is 0.0980. The van der Waals surface area contributed by atoms with Crippen LogP contribution in [-0.2, 0) is 17.9 Å². The van der Waals surface area contributed by atoms with Crippen molar-refractivity contribution in [2.45, 2.75) is 33.9 Å². The monoisotopic (exact) mass is 355 g/mol. The van der Waals surface area contributed by atoms with Crippen molar-refractivity contribution >= 4 is 22.6 Å². The van der Waals surface area contributed by atoms with Crippen LogP contribution in [0.5, 0.6) is 0 Å². The Kier molecular flexibility index (Phi) is 4.85. The summed E-state index contributed by atoms with van der Waals surface area (Å²) < 4.78 is 2.71. The van der Waals surface area contributed by atoms with Gasteiger partial charge in [-0.3, -0.25) is 14.2 Å². The van der Waals surface area contributed by atoms with Crippen LogP contribution in [0.25, 0.3) is 11.0 Å². The molecule has 26 heavy (non-hydrogen) atoms. The maximum atomic E-state index is 12.5. The number of rotatable bonds is 5. The topological polar surface area (TPSA) is 102 Å². The van der Waals surface area contributed by atoms with Gasteiger partial charge in [-0.25, -0.2) is 9.67 Å². The van der Waals surface area contributed by atoms with Crippen LogP contribution in [0.3, 0.4) is 0 Å². The van der Waals surface area contributed by atoms with Crippen molar-refractivity contribution in [1.29, 1.82) is 0 Å². The predicted octanol–water partition coefficient (Wildman–Crippen LogP) is 1.15. The number of benzene rings is 1. The summed E-state index contributed by atoms with van der Waals surface area (Å²) >= 11 is 0. The van der Waals surface area contributed by atoms with E-state index < -0.39 is 0 Å². The summed E-state index contributed by atoms with van der Waals surface area (Å²) in [5.74, 6) is -0.300. The molecule has 8 heteroatoms. The van der Waals surface area contributed by atoms with Crippen LogP contribution >= 0.6 is 0 Å². The van der Waals surface area contributed by atoms with Gasteiger partial charge in [-0.1, -0.05) is 17.7 Å². The Balaban J connectivity index is 1.84. The van der Waals surface area contributed by atoms with Gasteiger partial charge in [0.15, 0.2) is 5.65 Å². The number of nitrogens with zero attached hydrogens (tertiary/aromatic N) is 4. The Bertz CT molecular complexity index is 1010. The molecule has 0 saturated carbocycles. The molecular weight excluding hydrogens is 334 g/mol. The third-order valence-electron chi connectivity index (χ3n) is 4.19. The second-order valence-corrected chi connectivity index (χ2v) is 6.33. The number of anilines is 1. The molecule has 2 aromatic heterocycles. The van der Waals surface area contributed by atoms with Crippen molar-refractivity contribution < 1.29 is 9.90 Å². The Morgan fingerprint density at radius 1 is 1.23 bits per heavy atom. The van der Waals surface area contributed by atoms with Crippen LogP contribution in [0.4, 0.5) is 5.69 Å². The summed E-state index contributed by atoms with van der Waals surface area (Å²) in [4.78, 5) is 29.2. The van der Waals surface area contributed by atoms with E-state index in [-0.39, 0.29) is 31.2 Å². The maximum Gasteiger partial charge on any atom is 0.264 e. The van der Waals surface area contributed by atoms with E-state index in [1.165, 1.54) is 21.8 Å². The number of aromatic nitrogens is 4. The Hall–Kier alpha value is -3.00. The summed E-state index contributed by atoms with van der Waals surface area (Å²) in [5, 5.41) is 16.3. The van der Waals surface area contributed by atoms with E-state index in [1.807, 2.05) is 32.9 Å². The zero-order valence-electron chi connectivity index (χ0n) is 15.0. The molecule has 0 spiro atoms. The van der Waals surface area contributed by atoms with E-state index in [9.17, 15) is 9.59 Å². The lowest BCUT2D eigenvalue weighted by Gasteiger charge is -2.13. The van der Waals surface area contributed by atoms with Gasteiger partial charge in [-0.2, -0.15) is 5.10 Å². The predicted molar refractivity (Wildman–Crippen MR) is 98.2 cm³/mol. The van der Waals surface area contributed by atoms with E-state index in [0.29, 0.717) is 11.0 Å². The number of hydrogen-bond acceptors (Lipinski definition) is 5. The number of fused-ring (bicyclic) bond motifs is 1. The molecular formula is C18H21N5O3. The summed E-state index contributed by atoms with van der Waals surface area (Å²) in [6, 6.07) is 4.00. The van der Waals surface area contributed by atoms with Gasteiger partial charge in [-0.15, -0.1) is 0 Å². The van der Waals surface area contributed by atoms with Crippen LogP contribution < -0.4 is 10.9 Å². The molecule has 0 unspecified atom stereocenters. The van der Waals surface area contributed by atoms with Crippen LogP contribution in [0.2, 0.25) is 0 Å². The second kappa shape index (κ2) is 7.09. The van der Waals surface area contributed by atoms with Gasteiger partial charge < -0.3 is 10.4 Å². The summed E-state index contributed by atoms with van der Waals surface area (Å²) in [5.41, 5.74) is 3.89. The smallest absolute Gasteiger partial charge is 0.264 e. The number of amides is 1. The van der Waals surface area contributed by atoms with Gasteiger partial charge in [-0.05, 0) is 31.9 Å². The van der Waals surface area contributed by atoms with Crippen LogP contribution in [-0.4, -0.2) is 37.0 Å². The highest BCUT2D eigenvalue weighted by atomic mass is 16.3. The molecule has 2 heterocycles. The van der Waals surface area contributed by atoms with E-state index >= 15 is 0 Å². The lowest BCUT2D eigenvalue weighted by Crippen LogP contribution is -2.28. The number of aryl methyl sites for hydroxylation is 3. The normalized spacial score (nSPS) is 11.1. The zero-order chi connectivity index (χ0) is 18.8. The molecule has 1 aromatic carbocycles. The lowest BCUT2D eigenvalue weighted by molar-refractivity contribution is -0.116. The minimum atomic E-state index is -0.341. The maximum absolute atomic E-state index is 12.5. The number of aliphatic hydroxyl groups excluding tert-OH is 1. The minimum Gasteiger partial charge on any atom is -0.394 e. The average molecular weight is 355 g/mol. The van der Waals surface area contributed by atoms with Gasteiger partial charge in [0.2, 0.25) is 5.91 Å². The Morgan fingerprint density at radius 3 is 2.58 bits per heavy atom. The third-order valence-corrected chi connectivity index (χ3v) is 4.19. The molecule has 0 bridgehead atoms. The first-order valence-corrected chi connectivity index (χ1v) is 8.30. The van der Waals surface area contributed by atoms with Gasteiger partial charge in [0.1, 0.15) is 18.3 Å². The van der Waals surface area contributed by atoms with Crippen LogP contribution in [0, 0.1) is 20.8 Å². The molecule has 0 atom stereocenters. The Labute approximate surface area is 150 Å². The Morgan fingerprint density at radius 2 is 1.92 bits per heavy atom. The van der Waals surface area contributed by atoms with E-state index in [2.05, 4.69) is 15.4 Å². The molecule has 8 nitrogen and oxygen atoms in total. The number of hydrogen-bond donors (Lipinski definition) is 2. The summed E-state index contributed by atoms with van der Waals surface area (Å²) in [6.45, 7) is 5.89. The average Bonchev–Trinajstić information content (AvgIpc) is 2.98. The van der Waals surface area contributed by atoms with Gasteiger partial charge >= 0.3 is 0 Å². The molecule has 0 aliphatic carbocycles. The van der Waals surface area contributed by atoms with Crippen LogP contribution in [0.15, 0.2) is 29.5 Å². The SMILES string of the molecule is Cc1cc(C)c(NC(=O)Cn2cnc3c(cnn3CCO)c2=O)c(C)c1. The molecule has 136 valence electrons. The van der Waals surface area contributed by atoms with Gasteiger partial charge in [0.05, 0.1) is 19.3 Å². The molecule has 3 aromatic rings. The van der Waals surface area contributed by atoms with E-state index in [0.717, 1.165) is 22.4 Å². The lowest BCUT2D eigenvalue weighted by atomic mass is 10.1. The first kappa shape index (κ1) is 17.8. The first-order valence-electron chi connectivity index (χ1n) is 8.30. The number of carbonyl (C=O) groups excluding carboxylic acids is 1. The van der Waals surface area contributed by atoms with E-state index in [1.54, 1.807) is 0 Å². The third kappa shape index (κ3) is 3.36. The fourth-order valence-corrected chi connectivity index (χ4v) is 3.08. The highest BCUT2D eigenvalue weighted by molar-refractivity contribution is 5.92. The second-order valence-electron chi connectivity index (χ2n) is 6.33. The molecule has 0 aliphatic heterocycles. The van der Waals surface area contributed by atoms with Gasteiger partial charge in [0.25, 0.3) is 5.56 Å². The van der Waals surface area contributed by atoms with Crippen molar-refractivity contribution in [3.63, 3.8) is 0 Å².